The number of ether oxygens (including phenoxy) is 2. The fourth-order valence-corrected chi connectivity index (χ4v) is 2.37. The summed E-state index contributed by atoms with van der Waals surface area (Å²) in [6.45, 7) is 4.43. The van der Waals surface area contributed by atoms with Gasteiger partial charge in [0.1, 0.15) is 23.1 Å². The highest BCUT2D eigenvalue weighted by Gasteiger charge is 2.03. The van der Waals surface area contributed by atoms with Gasteiger partial charge in [0.05, 0.1) is 7.11 Å². The van der Waals surface area contributed by atoms with E-state index in [0.29, 0.717) is 6.61 Å². The molecule has 4 nitrogen and oxygen atoms in total. The number of rotatable bonds is 7. The predicted molar refractivity (Wildman–Crippen MR) is 76.8 cm³/mol. The number of nitrogens with one attached hydrogen (secondary N) is 1. The zero-order valence-electron chi connectivity index (χ0n) is 11.2. The van der Waals surface area contributed by atoms with Gasteiger partial charge in [0, 0.05) is 17.6 Å². The molecule has 0 bridgehead atoms. The molecule has 0 saturated carbocycles. The van der Waals surface area contributed by atoms with Crippen molar-refractivity contribution in [1.82, 2.24) is 10.3 Å². The van der Waals surface area contributed by atoms with E-state index >= 15 is 0 Å². The summed E-state index contributed by atoms with van der Waals surface area (Å²) in [4.78, 5) is 5.58. The molecule has 0 fully saturated rings. The van der Waals surface area contributed by atoms with E-state index < -0.39 is 0 Å². The molecule has 0 aliphatic rings. The third-order valence-corrected chi connectivity index (χ3v) is 3.54. The van der Waals surface area contributed by atoms with E-state index in [0.717, 1.165) is 29.6 Å². The number of thiazole rings is 1. The third kappa shape index (κ3) is 4.22. The molecular formula is C14H18N2O2S. The summed E-state index contributed by atoms with van der Waals surface area (Å²) in [5.74, 6) is 1.65. The number of hydrogen-bond acceptors (Lipinski definition) is 5. The van der Waals surface area contributed by atoms with Crippen LogP contribution in [0, 0.1) is 0 Å². The van der Waals surface area contributed by atoms with Gasteiger partial charge in [0.15, 0.2) is 0 Å². The molecule has 2 rings (SSSR count). The van der Waals surface area contributed by atoms with Crippen molar-refractivity contribution in [2.24, 2.45) is 0 Å². The van der Waals surface area contributed by atoms with Crippen LogP contribution in [0.2, 0.25) is 0 Å². The van der Waals surface area contributed by atoms with Crippen LogP contribution in [0.15, 0.2) is 30.5 Å². The zero-order chi connectivity index (χ0) is 13.5. The molecule has 0 radical (unpaired) electrons. The summed E-state index contributed by atoms with van der Waals surface area (Å²) in [5, 5.41) is 4.27. The Morgan fingerprint density at radius 1 is 1.21 bits per heavy atom. The molecule has 0 saturated heterocycles. The van der Waals surface area contributed by atoms with Crippen molar-refractivity contribution in [2.75, 3.05) is 13.7 Å². The zero-order valence-corrected chi connectivity index (χ0v) is 12.0. The molecule has 5 heteroatoms. The highest BCUT2D eigenvalue weighted by atomic mass is 32.1. The molecule has 19 heavy (non-hydrogen) atoms. The minimum atomic E-state index is 0.503. The minimum absolute atomic E-state index is 0.503. The average Bonchev–Trinajstić information content (AvgIpc) is 2.91. The predicted octanol–water partition coefficient (Wildman–Crippen LogP) is 2.84. The molecule has 0 amide bonds. The first kappa shape index (κ1) is 13.8. The Morgan fingerprint density at radius 2 is 1.95 bits per heavy atom. The van der Waals surface area contributed by atoms with Crippen LogP contribution in [0.4, 0.5) is 0 Å². The lowest BCUT2D eigenvalue weighted by Gasteiger charge is -2.04. The molecule has 1 N–H and O–H groups in total. The first-order chi connectivity index (χ1) is 9.31. The van der Waals surface area contributed by atoms with E-state index in [1.54, 1.807) is 18.4 Å². The molecule has 1 heterocycles. The molecule has 0 atom stereocenters. The second-order valence-corrected chi connectivity index (χ2v) is 5.16. The molecule has 2 aromatic rings. The van der Waals surface area contributed by atoms with Crippen molar-refractivity contribution >= 4 is 11.3 Å². The van der Waals surface area contributed by atoms with Gasteiger partial charge in [-0.15, -0.1) is 11.3 Å². The fourth-order valence-electron chi connectivity index (χ4n) is 1.56. The lowest BCUT2D eigenvalue weighted by Crippen LogP contribution is -2.10. The standard InChI is InChI=1S/C14H18N2O2S/c1-3-15-8-13-9-16-14(19-13)10-18-12-6-4-11(17-2)5-7-12/h4-7,9,15H,3,8,10H2,1-2H3. The Bertz CT molecular complexity index is 496. The minimum Gasteiger partial charge on any atom is -0.497 e. The molecule has 1 aromatic carbocycles. The first-order valence-corrected chi connectivity index (χ1v) is 7.04. The fraction of sp³-hybridized carbons (Fsp3) is 0.357. The van der Waals surface area contributed by atoms with E-state index in [-0.39, 0.29) is 0 Å². The Morgan fingerprint density at radius 3 is 2.63 bits per heavy atom. The van der Waals surface area contributed by atoms with Crippen LogP contribution in [0.5, 0.6) is 11.5 Å². The molecule has 0 unspecified atom stereocenters. The van der Waals surface area contributed by atoms with Crippen molar-refractivity contribution in [3.63, 3.8) is 0 Å². The largest absolute Gasteiger partial charge is 0.497 e. The van der Waals surface area contributed by atoms with Gasteiger partial charge in [0.25, 0.3) is 0 Å². The van der Waals surface area contributed by atoms with Crippen LogP contribution in [0.25, 0.3) is 0 Å². The third-order valence-electron chi connectivity index (χ3n) is 2.57. The molecular weight excluding hydrogens is 260 g/mol. The second-order valence-electron chi connectivity index (χ2n) is 3.96. The normalized spacial score (nSPS) is 10.4. The first-order valence-electron chi connectivity index (χ1n) is 6.23. The number of hydrogen-bond donors (Lipinski definition) is 1. The van der Waals surface area contributed by atoms with Crippen molar-refractivity contribution in [3.05, 3.63) is 40.3 Å². The van der Waals surface area contributed by atoms with E-state index in [2.05, 4.69) is 17.2 Å². The van der Waals surface area contributed by atoms with E-state index in [4.69, 9.17) is 9.47 Å². The highest BCUT2D eigenvalue weighted by Crippen LogP contribution is 2.19. The van der Waals surface area contributed by atoms with E-state index in [1.807, 2.05) is 30.5 Å². The molecule has 0 spiro atoms. The van der Waals surface area contributed by atoms with Gasteiger partial charge >= 0.3 is 0 Å². The van der Waals surface area contributed by atoms with Crippen LogP contribution in [0.1, 0.15) is 16.8 Å². The quantitative estimate of drug-likeness (QED) is 0.846. The summed E-state index contributed by atoms with van der Waals surface area (Å²) in [7, 11) is 1.65. The Balaban J connectivity index is 1.85. The van der Waals surface area contributed by atoms with Crippen LogP contribution >= 0.6 is 11.3 Å². The lowest BCUT2D eigenvalue weighted by molar-refractivity contribution is 0.305. The molecule has 0 aliphatic heterocycles. The van der Waals surface area contributed by atoms with Crippen LogP contribution in [0.3, 0.4) is 0 Å². The summed E-state index contributed by atoms with van der Waals surface area (Å²) >= 11 is 1.68. The maximum absolute atomic E-state index is 5.68. The van der Waals surface area contributed by atoms with Crippen LogP contribution in [-0.4, -0.2) is 18.6 Å². The van der Waals surface area contributed by atoms with Crippen LogP contribution in [-0.2, 0) is 13.2 Å². The highest BCUT2D eigenvalue weighted by molar-refractivity contribution is 7.11. The molecule has 102 valence electrons. The molecule has 1 aromatic heterocycles. The number of aromatic nitrogens is 1. The Kier molecular flexibility index (Phi) is 5.18. The van der Waals surface area contributed by atoms with Gasteiger partial charge in [0.2, 0.25) is 0 Å². The second kappa shape index (κ2) is 7.11. The van der Waals surface area contributed by atoms with Crippen molar-refractivity contribution < 1.29 is 9.47 Å². The summed E-state index contributed by atoms with van der Waals surface area (Å²) in [6.07, 6.45) is 1.90. The summed E-state index contributed by atoms with van der Waals surface area (Å²) in [6, 6.07) is 7.56. The number of benzene rings is 1. The molecule has 0 aliphatic carbocycles. The van der Waals surface area contributed by atoms with Gasteiger partial charge in [-0.2, -0.15) is 0 Å². The van der Waals surface area contributed by atoms with Crippen molar-refractivity contribution in [1.29, 1.82) is 0 Å². The Hall–Kier alpha value is -1.59. The smallest absolute Gasteiger partial charge is 0.140 e. The lowest BCUT2D eigenvalue weighted by atomic mass is 10.3. The maximum Gasteiger partial charge on any atom is 0.140 e. The van der Waals surface area contributed by atoms with Gasteiger partial charge in [-0.3, -0.25) is 0 Å². The topological polar surface area (TPSA) is 43.4 Å². The average molecular weight is 278 g/mol. The van der Waals surface area contributed by atoms with Crippen molar-refractivity contribution in [3.8, 4) is 11.5 Å². The van der Waals surface area contributed by atoms with E-state index in [1.165, 1.54) is 4.88 Å². The van der Waals surface area contributed by atoms with Gasteiger partial charge < -0.3 is 14.8 Å². The maximum atomic E-state index is 5.68. The SMILES string of the molecule is CCNCc1cnc(COc2ccc(OC)cc2)s1. The van der Waals surface area contributed by atoms with E-state index in [9.17, 15) is 0 Å². The summed E-state index contributed by atoms with van der Waals surface area (Å²) in [5.41, 5.74) is 0. The number of nitrogens with zero attached hydrogens (tertiary/aromatic N) is 1. The van der Waals surface area contributed by atoms with Gasteiger partial charge in [-0.05, 0) is 30.8 Å². The monoisotopic (exact) mass is 278 g/mol. The van der Waals surface area contributed by atoms with Crippen LogP contribution < -0.4 is 14.8 Å². The summed E-state index contributed by atoms with van der Waals surface area (Å²) < 4.78 is 10.8. The van der Waals surface area contributed by atoms with Gasteiger partial charge in [-0.25, -0.2) is 4.98 Å². The Labute approximate surface area is 117 Å². The van der Waals surface area contributed by atoms with Crippen molar-refractivity contribution in [2.45, 2.75) is 20.1 Å². The number of methoxy groups -OCH3 is 1. The van der Waals surface area contributed by atoms with Gasteiger partial charge in [-0.1, -0.05) is 6.92 Å².